The van der Waals surface area contributed by atoms with E-state index >= 15 is 0 Å². The standard InChI is InChI=1S/C11H9F3N4/c1-5-4-16-11(15)18-10(5)17-9-7(13)2-6(12)3-8(9)14/h2-4H,1H3,(H3,15,16,17,18). The van der Waals surface area contributed by atoms with Crippen LogP contribution in [0.3, 0.4) is 0 Å². The topological polar surface area (TPSA) is 63.8 Å². The summed E-state index contributed by atoms with van der Waals surface area (Å²) in [7, 11) is 0. The molecule has 0 aliphatic heterocycles. The second-order valence-corrected chi connectivity index (χ2v) is 3.63. The minimum absolute atomic E-state index is 0.0361. The van der Waals surface area contributed by atoms with E-state index in [0.29, 0.717) is 17.7 Å². The number of aromatic nitrogens is 2. The number of anilines is 3. The van der Waals surface area contributed by atoms with Crippen LogP contribution in [-0.4, -0.2) is 9.97 Å². The van der Waals surface area contributed by atoms with Gasteiger partial charge in [0.2, 0.25) is 5.95 Å². The molecule has 0 saturated heterocycles. The van der Waals surface area contributed by atoms with Gasteiger partial charge in [0.15, 0.2) is 11.6 Å². The minimum Gasteiger partial charge on any atom is -0.368 e. The van der Waals surface area contributed by atoms with E-state index in [-0.39, 0.29) is 11.8 Å². The summed E-state index contributed by atoms with van der Waals surface area (Å²) < 4.78 is 39.6. The molecule has 2 rings (SSSR count). The van der Waals surface area contributed by atoms with Gasteiger partial charge in [-0.25, -0.2) is 18.2 Å². The van der Waals surface area contributed by atoms with Crippen LogP contribution in [0.25, 0.3) is 0 Å². The lowest BCUT2D eigenvalue weighted by Gasteiger charge is -2.10. The first kappa shape index (κ1) is 12.2. The summed E-state index contributed by atoms with van der Waals surface area (Å²) in [6, 6.07) is 1.15. The van der Waals surface area contributed by atoms with Crippen LogP contribution < -0.4 is 11.1 Å². The molecule has 1 heterocycles. The van der Waals surface area contributed by atoms with Crippen LogP contribution in [-0.2, 0) is 0 Å². The third kappa shape index (κ3) is 2.34. The molecule has 18 heavy (non-hydrogen) atoms. The number of nitrogens with one attached hydrogen (secondary N) is 1. The van der Waals surface area contributed by atoms with Gasteiger partial charge in [-0.2, -0.15) is 4.98 Å². The summed E-state index contributed by atoms with van der Waals surface area (Å²) in [5.41, 5.74) is 5.43. The lowest BCUT2D eigenvalue weighted by atomic mass is 10.2. The van der Waals surface area contributed by atoms with Crippen molar-refractivity contribution in [3.05, 3.63) is 41.3 Å². The molecule has 0 spiro atoms. The molecule has 0 atom stereocenters. The van der Waals surface area contributed by atoms with E-state index in [0.717, 1.165) is 0 Å². The van der Waals surface area contributed by atoms with Crippen molar-refractivity contribution in [3.63, 3.8) is 0 Å². The van der Waals surface area contributed by atoms with Crippen molar-refractivity contribution < 1.29 is 13.2 Å². The van der Waals surface area contributed by atoms with Crippen molar-refractivity contribution >= 4 is 17.5 Å². The Morgan fingerprint density at radius 2 is 1.78 bits per heavy atom. The van der Waals surface area contributed by atoms with E-state index in [2.05, 4.69) is 15.3 Å². The molecule has 0 saturated carbocycles. The molecular weight excluding hydrogens is 245 g/mol. The smallest absolute Gasteiger partial charge is 0.221 e. The molecule has 0 aliphatic rings. The number of hydrogen-bond donors (Lipinski definition) is 2. The number of benzene rings is 1. The second kappa shape index (κ2) is 4.52. The monoisotopic (exact) mass is 254 g/mol. The number of nitrogens with zero attached hydrogens (tertiary/aromatic N) is 2. The van der Waals surface area contributed by atoms with E-state index in [9.17, 15) is 13.2 Å². The van der Waals surface area contributed by atoms with E-state index < -0.39 is 23.1 Å². The van der Waals surface area contributed by atoms with Crippen molar-refractivity contribution in [2.75, 3.05) is 11.1 Å². The molecule has 94 valence electrons. The molecule has 2 aromatic rings. The zero-order valence-corrected chi connectivity index (χ0v) is 9.34. The predicted octanol–water partition coefficient (Wildman–Crippen LogP) is 2.53. The van der Waals surface area contributed by atoms with Crippen LogP contribution in [0.1, 0.15) is 5.56 Å². The van der Waals surface area contributed by atoms with Crippen molar-refractivity contribution in [1.29, 1.82) is 0 Å². The SMILES string of the molecule is Cc1cnc(N)nc1Nc1c(F)cc(F)cc1F. The highest BCUT2D eigenvalue weighted by Crippen LogP contribution is 2.25. The number of hydrogen-bond acceptors (Lipinski definition) is 4. The summed E-state index contributed by atoms with van der Waals surface area (Å²) in [6.45, 7) is 1.64. The van der Waals surface area contributed by atoms with Gasteiger partial charge in [0.1, 0.15) is 17.3 Å². The third-order valence-corrected chi connectivity index (χ3v) is 2.24. The van der Waals surface area contributed by atoms with Crippen LogP contribution in [0.5, 0.6) is 0 Å². The molecule has 3 N–H and O–H groups in total. The zero-order valence-electron chi connectivity index (χ0n) is 9.34. The van der Waals surface area contributed by atoms with E-state index in [1.807, 2.05) is 0 Å². The Hall–Kier alpha value is -2.31. The average Bonchev–Trinajstić information content (AvgIpc) is 2.28. The summed E-state index contributed by atoms with van der Waals surface area (Å²) in [5, 5.41) is 2.43. The number of halogens is 3. The fraction of sp³-hybridized carbons (Fsp3) is 0.0909. The maximum absolute atomic E-state index is 13.4. The maximum atomic E-state index is 13.4. The first-order chi connectivity index (χ1) is 8.47. The fourth-order valence-electron chi connectivity index (χ4n) is 1.36. The summed E-state index contributed by atoms with van der Waals surface area (Å²) in [4.78, 5) is 7.52. The summed E-state index contributed by atoms with van der Waals surface area (Å²) >= 11 is 0. The van der Waals surface area contributed by atoms with E-state index in [4.69, 9.17) is 5.73 Å². The largest absolute Gasteiger partial charge is 0.368 e. The second-order valence-electron chi connectivity index (χ2n) is 3.63. The predicted molar refractivity (Wildman–Crippen MR) is 60.8 cm³/mol. The van der Waals surface area contributed by atoms with Gasteiger partial charge in [-0.05, 0) is 6.92 Å². The molecular formula is C11H9F3N4. The molecule has 0 amide bonds. The maximum Gasteiger partial charge on any atom is 0.221 e. The molecule has 7 heteroatoms. The highest BCUT2D eigenvalue weighted by Gasteiger charge is 2.13. The molecule has 0 unspecified atom stereocenters. The fourth-order valence-corrected chi connectivity index (χ4v) is 1.36. The third-order valence-electron chi connectivity index (χ3n) is 2.24. The van der Waals surface area contributed by atoms with Crippen molar-refractivity contribution in [2.45, 2.75) is 6.92 Å². The van der Waals surface area contributed by atoms with Gasteiger partial charge in [0, 0.05) is 23.9 Å². The van der Waals surface area contributed by atoms with Gasteiger partial charge in [-0.3, -0.25) is 0 Å². The van der Waals surface area contributed by atoms with Crippen LogP contribution in [0.4, 0.5) is 30.6 Å². The zero-order chi connectivity index (χ0) is 13.3. The quantitative estimate of drug-likeness (QED) is 0.864. The molecule has 4 nitrogen and oxygen atoms in total. The Bertz CT molecular complexity index is 578. The molecule has 0 fully saturated rings. The first-order valence-electron chi connectivity index (χ1n) is 4.98. The van der Waals surface area contributed by atoms with Crippen LogP contribution >= 0.6 is 0 Å². The van der Waals surface area contributed by atoms with Gasteiger partial charge >= 0.3 is 0 Å². The van der Waals surface area contributed by atoms with Crippen LogP contribution in [0.2, 0.25) is 0 Å². The summed E-state index contributed by atoms with van der Waals surface area (Å²) in [5.74, 6) is -2.97. The molecule has 0 aliphatic carbocycles. The van der Waals surface area contributed by atoms with E-state index in [1.54, 1.807) is 6.92 Å². The summed E-state index contributed by atoms with van der Waals surface area (Å²) in [6.07, 6.45) is 1.41. The van der Waals surface area contributed by atoms with Gasteiger partial charge < -0.3 is 11.1 Å². The molecule has 0 radical (unpaired) electrons. The number of nitrogens with two attached hydrogens (primary N) is 1. The van der Waals surface area contributed by atoms with Crippen LogP contribution in [0.15, 0.2) is 18.3 Å². The Morgan fingerprint density at radius 1 is 1.17 bits per heavy atom. The van der Waals surface area contributed by atoms with Gasteiger partial charge in [0.25, 0.3) is 0 Å². The Labute approximate surface area is 101 Å². The normalized spacial score (nSPS) is 10.4. The number of nitrogen functional groups attached to an aromatic ring is 1. The highest BCUT2D eigenvalue weighted by atomic mass is 19.1. The van der Waals surface area contributed by atoms with Crippen LogP contribution in [0, 0.1) is 24.4 Å². The van der Waals surface area contributed by atoms with Gasteiger partial charge in [0.05, 0.1) is 0 Å². The minimum atomic E-state index is -1.05. The van der Waals surface area contributed by atoms with Crippen molar-refractivity contribution in [2.24, 2.45) is 0 Å². The van der Waals surface area contributed by atoms with Crippen molar-refractivity contribution in [1.82, 2.24) is 9.97 Å². The van der Waals surface area contributed by atoms with Crippen molar-refractivity contribution in [3.8, 4) is 0 Å². The molecule has 1 aromatic carbocycles. The molecule has 1 aromatic heterocycles. The Morgan fingerprint density at radius 3 is 2.39 bits per heavy atom. The molecule has 0 bridgehead atoms. The number of aryl methyl sites for hydroxylation is 1. The first-order valence-corrected chi connectivity index (χ1v) is 4.98. The number of rotatable bonds is 2. The van der Waals surface area contributed by atoms with E-state index in [1.165, 1.54) is 6.20 Å². The lowest BCUT2D eigenvalue weighted by Crippen LogP contribution is -2.05. The highest BCUT2D eigenvalue weighted by molar-refractivity contribution is 5.60. The lowest BCUT2D eigenvalue weighted by molar-refractivity contribution is 0.548. The Kier molecular flexibility index (Phi) is 3.05. The Balaban J connectivity index is 2.43. The van der Waals surface area contributed by atoms with Gasteiger partial charge in [-0.15, -0.1) is 0 Å². The average molecular weight is 254 g/mol. The van der Waals surface area contributed by atoms with Gasteiger partial charge in [-0.1, -0.05) is 0 Å².